The van der Waals surface area contributed by atoms with E-state index >= 15 is 0 Å². The van der Waals surface area contributed by atoms with Crippen LogP contribution in [0.15, 0.2) is 53.1 Å². The van der Waals surface area contributed by atoms with Gasteiger partial charge in [0.25, 0.3) is 0 Å². The maximum atomic E-state index is 12.6. The van der Waals surface area contributed by atoms with Crippen molar-refractivity contribution in [3.05, 3.63) is 65.4 Å². The van der Waals surface area contributed by atoms with Gasteiger partial charge in [0.05, 0.1) is 7.11 Å². The highest BCUT2D eigenvalue weighted by Gasteiger charge is 2.31. The molecule has 0 spiro atoms. The van der Waals surface area contributed by atoms with Crippen molar-refractivity contribution in [3.8, 4) is 22.8 Å². The molecule has 2 aromatic carbocycles. The summed E-state index contributed by atoms with van der Waals surface area (Å²) in [4.78, 5) is 12.6. The van der Waals surface area contributed by atoms with Gasteiger partial charge in [0.15, 0.2) is 12.4 Å². The minimum Gasteiger partial charge on any atom is -0.496 e. The van der Waals surface area contributed by atoms with Gasteiger partial charge in [-0.3, -0.25) is 0 Å². The van der Waals surface area contributed by atoms with E-state index in [2.05, 4.69) is 12.1 Å². The van der Waals surface area contributed by atoms with Crippen LogP contribution in [0.3, 0.4) is 0 Å². The number of carbonyl (C=O) groups is 1. The summed E-state index contributed by atoms with van der Waals surface area (Å²) in [7, 11) is 1.60. The molecule has 0 fully saturated rings. The Morgan fingerprint density at radius 3 is 2.79 bits per heavy atom. The van der Waals surface area contributed by atoms with Gasteiger partial charge < -0.3 is 18.7 Å². The van der Waals surface area contributed by atoms with Gasteiger partial charge in [-0.05, 0) is 25.1 Å². The number of aromatic nitrogens is 1. The Morgan fingerprint density at radius 2 is 1.96 bits per heavy atom. The van der Waals surface area contributed by atoms with Crippen molar-refractivity contribution in [2.24, 2.45) is 0 Å². The van der Waals surface area contributed by atoms with Crippen LogP contribution in [-0.2, 0) is 11.3 Å². The second kappa shape index (κ2) is 7.38. The fraction of sp³-hybridized carbons (Fsp3) is 0.273. The van der Waals surface area contributed by atoms with E-state index in [9.17, 15) is 4.79 Å². The summed E-state index contributed by atoms with van der Waals surface area (Å²) in [6.45, 7) is 4.06. The molecule has 0 N–H and O–H groups in total. The molecule has 0 aliphatic carbocycles. The molecule has 0 saturated heterocycles. The van der Waals surface area contributed by atoms with Gasteiger partial charge in [0.2, 0.25) is 0 Å². The Bertz CT molecular complexity index is 1010. The number of hydrogen-bond acceptors (Lipinski definition) is 6. The van der Waals surface area contributed by atoms with Gasteiger partial charge in [-0.15, -0.1) is 0 Å². The number of rotatable bonds is 5. The van der Waals surface area contributed by atoms with E-state index in [1.807, 2.05) is 43.3 Å². The summed E-state index contributed by atoms with van der Waals surface area (Å²) < 4.78 is 22.0. The SMILES string of the molecule is COc1ccccc1-c1cc(COC(=O)c2cccc3c2O[C@@H](C)[C@H]3C)on1. The standard InChI is InChI=1S/C22H21NO5/c1-13-14(2)27-21-16(13)8-6-9-18(21)22(24)26-12-15-11-19(23-28-15)17-7-4-5-10-20(17)25-3/h4-11,13-14H,12H2,1-3H3/t13-,14+/m1/s1. The lowest BCUT2D eigenvalue weighted by Gasteiger charge is -2.09. The fourth-order valence-electron chi connectivity index (χ4n) is 3.33. The minimum atomic E-state index is -0.451. The Labute approximate surface area is 163 Å². The van der Waals surface area contributed by atoms with Crippen molar-refractivity contribution in [1.29, 1.82) is 0 Å². The van der Waals surface area contributed by atoms with E-state index in [-0.39, 0.29) is 18.6 Å². The van der Waals surface area contributed by atoms with Gasteiger partial charge in [-0.2, -0.15) is 0 Å². The summed E-state index contributed by atoms with van der Waals surface area (Å²) in [5.74, 6) is 1.54. The third kappa shape index (κ3) is 3.22. The van der Waals surface area contributed by atoms with Crippen LogP contribution in [0.4, 0.5) is 0 Å². The quantitative estimate of drug-likeness (QED) is 0.604. The first-order valence-electron chi connectivity index (χ1n) is 9.14. The molecule has 1 aliphatic rings. The topological polar surface area (TPSA) is 70.8 Å². The maximum Gasteiger partial charge on any atom is 0.342 e. The zero-order valence-corrected chi connectivity index (χ0v) is 16.0. The second-order valence-electron chi connectivity index (χ2n) is 6.79. The predicted molar refractivity (Wildman–Crippen MR) is 103 cm³/mol. The van der Waals surface area contributed by atoms with Crippen LogP contribution in [0.2, 0.25) is 0 Å². The summed E-state index contributed by atoms with van der Waals surface area (Å²) in [5.41, 5.74) is 2.89. The fourth-order valence-corrected chi connectivity index (χ4v) is 3.33. The van der Waals surface area contributed by atoms with E-state index in [1.54, 1.807) is 19.2 Å². The Balaban J connectivity index is 1.48. The first-order valence-corrected chi connectivity index (χ1v) is 9.14. The largest absolute Gasteiger partial charge is 0.496 e. The van der Waals surface area contributed by atoms with Crippen LogP contribution in [0, 0.1) is 0 Å². The van der Waals surface area contributed by atoms with E-state index in [0.717, 1.165) is 11.1 Å². The molecule has 2 atom stereocenters. The number of methoxy groups -OCH3 is 1. The first kappa shape index (κ1) is 18.1. The predicted octanol–water partition coefficient (Wildman–Crippen LogP) is 4.59. The van der Waals surface area contributed by atoms with Gasteiger partial charge >= 0.3 is 5.97 Å². The summed E-state index contributed by atoms with van der Waals surface area (Å²) >= 11 is 0. The molecule has 4 rings (SSSR count). The monoisotopic (exact) mass is 379 g/mol. The van der Waals surface area contributed by atoms with Crippen molar-refractivity contribution in [3.63, 3.8) is 0 Å². The Hall–Kier alpha value is -3.28. The highest BCUT2D eigenvalue weighted by atomic mass is 16.6. The Morgan fingerprint density at radius 1 is 1.14 bits per heavy atom. The zero-order chi connectivity index (χ0) is 19.7. The molecule has 28 heavy (non-hydrogen) atoms. The summed E-state index contributed by atoms with van der Waals surface area (Å²) in [6, 6.07) is 14.8. The molecule has 3 aromatic rings. The highest BCUT2D eigenvalue weighted by Crippen LogP contribution is 2.40. The lowest BCUT2D eigenvalue weighted by atomic mass is 9.97. The molecule has 1 aliphatic heterocycles. The van der Waals surface area contributed by atoms with Crippen molar-refractivity contribution >= 4 is 5.97 Å². The molecule has 0 unspecified atom stereocenters. The second-order valence-corrected chi connectivity index (χ2v) is 6.79. The molecule has 0 radical (unpaired) electrons. The summed E-state index contributed by atoms with van der Waals surface area (Å²) in [5, 5.41) is 4.05. The van der Waals surface area contributed by atoms with E-state index in [0.29, 0.717) is 28.5 Å². The molecule has 6 nitrogen and oxygen atoms in total. The average Bonchev–Trinajstić information content (AvgIpc) is 3.31. The zero-order valence-electron chi connectivity index (χ0n) is 16.0. The third-order valence-corrected chi connectivity index (χ3v) is 5.05. The lowest BCUT2D eigenvalue weighted by molar-refractivity contribution is 0.0432. The average molecular weight is 379 g/mol. The normalized spacial score (nSPS) is 17.7. The molecule has 0 saturated carbocycles. The molecule has 2 heterocycles. The van der Waals surface area contributed by atoms with Gasteiger partial charge in [-0.1, -0.05) is 36.3 Å². The van der Waals surface area contributed by atoms with Crippen LogP contribution < -0.4 is 9.47 Å². The lowest BCUT2D eigenvalue weighted by Crippen LogP contribution is -2.11. The number of fused-ring (bicyclic) bond motifs is 1. The van der Waals surface area contributed by atoms with Crippen LogP contribution in [0.5, 0.6) is 11.5 Å². The van der Waals surface area contributed by atoms with Crippen LogP contribution in [0.1, 0.15) is 41.4 Å². The number of carbonyl (C=O) groups excluding carboxylic acids is 1. The van der Waals surface area contributed by atoms with Crippen molar-refractivity contribution < 1.29 is 23.5 Å². The Kier molecular flexibility index (Phi) is 4.77. The minimum absolute atomic E-state index is 0.0181. The van der Waals surface area contributed by atoms with E-state index in [1.165, 1.54) is 0 Å². The maximum absolute atomic E-state index is 12.6. The van der Waals surface area contributed by atoms with Gasteiger partial charge in [-0.25, -0.2) is 4.79 Å². The van der Waals surface area contributed by atoms with E-state index in [4.69, 9.17) is 18.7 Å². The van der Waals surface area contributed by atoms with Crippen molar-refractivity contribution in [2.75, 3.05) is 7.11 Å². The van der Waals surface area contributed by atoms with Crippen molar-refractivity contribution in [2.45, 2.75) is 32.5 Å². The number of esters is 1. The first-order chi connectivity index (χ1) is 13.6. The molecule has 0 bridgehead atoms. The molecule has 0 amide bonds. The molecular weight excluding hydrogens is 358 g/mol. The number of benzene rings is 2. The molecule has 1 aromatic heterocycles. The number of ether oxygens (including phenoxy) is 3. The number of hydrogen-bond donors (Lipinski definition) is 0. The smallest absolute Gasteiger partial charge is 0.342 e. The molecule has 144 valence electrons. The van der Waals surface area contributed by atoms with Gasteiger partial charge in [0.1, 0.15) is 28.9 Å². The molecule has 6 heteroatoms. The van der Waals surface area contributed by atoms with Crippen molar-refractivity contribution in [1.82, 2.24) is 5.16 Å². The third-order valence-electron chi connectivity index (χ3n) is 5.05. The summed E-state index contributed by atoms with van der Waals surface area (Å²) in [6.07, 6.45) is 0.0293. The van der Waals surface area contributed by atoms with Crippen LogP contribution >= 0.6 is 0 Å². The van der Waals surface area contributed by atoms with Crippen LogP contribution in [-0.4, -0.2) is 24.3 Å². The van der Waals surface area contributed by atoms with E-state index < -0.39 is 5.97 Å². The van der Waals surface area contributed by atoms with Gasteiger partial charge in [0, 0.05) is 23.1 Å². The molecular formula is C22H21NO5. The number of para-hydroxylation sites is 2. The number of nitrogens with zero attached hydrogens (tertiary/aromatic N) is 1. The highest BCUT2D eigenvalue weighted by molar-refractivity contribution is 5.93. The van der Waals surface area contributed by atoms with Crippen LogP contribution in [0.25, 0.3) is 11.3 Å².